The van der Waals surface area contributed by atoms with Crippen molar-refractivity contribution in [3.05, 3.63) is 29.8 Å². The fourth-order valence-corrected chi connectivity index (χ4v) is 4.41. The summed E-state index contributed by atoms with van der Waals surface area (Å²) in [4.78, 5) is 5.27. The number of benzene rings is 1. The minimum atomic E-state index is 0. The molecule has 0 spiro atoms. The first-order valence-electron chi connectivity index (χ1n) is 9.80. The molecule has 1 aromatic carbocycles. The van der Waals surface area contributed by atoms with Gasteiger partial charge in [0, 0.05) is 50.9 Å². The molecule has 4 nitrogen and oxygen atoms in total. The Hall–Kier alpha value is -0.520. The third-order valence-corrected chi connectivity index (χ3v) is 5.92. The van der Waals surface area contributed by atoms with Crippen molar-refractivity contribution in [2.75, 3.05) is 39.3 Å². The Morgan fingerprint density at radius 2 is 1.69 bits per heavy atom. The van der Waals surface area contributed by atoms with Gasteiger partial charge in [-0.1, -0.05) is 18.2 Å². The zero-order valence-electron chi connectivity index (χ0n) is 15.6. The summed E-state index contributed by atoms with van der Waals surface area (Å²) in [7, 11) is 0. The van der Waals surface area contributed by atoms with Crippen LogP contribution >= 0.6 is 24.8 Å². The van der Waals surface area contributed by atoms with Crippen LogP contribution in [0.2, 0.25) is 0 Å². The normalized spacial score (nSPS) is 24.8. The molecule has 26 heavy (non-hydrogen) atoms. The third kappa shape index (κ3) is 5.49. The van der Waals surface area contributed by atoms with Gasteiger partial charge in [-0.25, -0.2) is 0 Å². The third-order valence-electron chi connectivity index (χ3n) is 5.92. The van der Waals surface area contributed by atoms with Gasteiger partial charge in [0.2, 0.25) is 0 Å². The zero-order valence-corrected chi connectivity index (χ0v) is 17.2. The average Bonchev–Trinajstić information content (AvgIpc) is 3.31. The molecule has 2 saturated heterocycles. The minimum absolute atomic E-state index is 0. The molecule has 0 amide bonds. The van der Waals surface area contributed by atoms with Crippen molar-refractivity contribution < 1.29 is 4.74 Å². The molecule has 1 aliphatic carbocycles. The Balaban J connectivity index is 0.00000121. The van der Waals surface area contributed by atoms with E-state index in [0.29, 0.717) is 6.10 Å². The number of nitrogens with zero attached hydrogens (tertiary/aromatic N) is 2. The molecule has 148 valence electrons. The summed E-state index contributed by atoms with van der Waals surface area (Å²) in [6.07, 6.45) is 6.86. The Bertz CT molecular complexity index is 526. The lowest BCUT2D eigenvalue weighted by atomic mass is 10.1. The van der Waals surface area contributed by atoms with Crippen LogP contribution in [0.1, 0.15) is 37.7 Å². The van der Waals surface area contributed by atoms with Crippen molar-refractivity contribution in [1.82, 2.24) is 15.1 Å². The fourth-order valence-electron chi connectivity index (χ4n) is 4.41. The highest BCUT2D eigenvalue weighted by atomic mass is 35.5. The van der Waals surface area contributed by atoms with Crippen LogP contribution in [0.3, 0.4) is 0 Å². The second kappa shape index (κ2) is 10.7. The number of halogens is 2. The summed E-state index contributed by atoms with van der Waals surface area (Å²) in [6, 6.07) is 9.44. The first-order chi connectivity index (χ1) is 11.9. The summed E-state index contributed by atoms with van der Waals surface area (Å²) >= 11 is 0. The smallest absolute Gasteiger partial charge is 0.124 e. The van der Waals surface area contributed by atoms with Gasteiger partial charge in [0.1, 0.15) is 5.75 Å². The van der Waals surface area contributed by atoms with Crippen LogP contribution < -0.4 is 10.1 Å². The number of hydrogen-bond donors (Lipinski definition) is 1. The molecule has 2 heterocycles. The van der Waals surface area contributed by atoms with E-state index in [2.05, 4.69) is 39.4 Å². The van der Waals surface area contributed by atoms with Crippen LogP contribution in [0.5, 0.6) is 5.75 Å². The Kier molecular flexibility index (Phi) is 8.98. The molecule has 3 aliphatic rings. The van der Waals surface area contributed by atoms with Crippen LogP contribution in [0.25, 0.3) is 0 Å². The van der Waals surface area contributed by atoms with Gasteiger partial charge < -0.3 is 10.1 Å². The van der Waals surface area contributed by atoms with Gasteiger partial charge in [0.25, 0.3) is 0 Å². The number of hydrogen-bond acceptors (Lipinski definition) is 4. The molecule has 3 fully saturated rings. The highest BCUT2D eigenvalue weighted by Crippen LogP contribution is 2.27. The number of para-hydroxylation sites is 1. The molecule has 1 unspecified atom stereocenters. The lowest BCUT2D eigenvalue weighted by Gasteiger charge is -2.38. The molecule has 1 aromatic rings. The molecule has 1 N–H and O–H groups in total. The van der Waals surface area contributed by atoms with Crippen molar-refractivity contribution >= 4 is 24.8 Å². The molecule has 0 radical (unpaired) electrons. The van der Waals surface area contributed by atoms with Crippen LogP contribution in [-0.4, -0.2) is 61.2 Å². The minimum Gasteiger partial charge on any atom is -0.490 e. The second-order valence-electron chi connectivity index (χ2n) is 7.59. The monoisotopic (exact) mass is 401 g/mol. The standard InChI is InChI=1S/C20H31N3O.2ClH/c1-4-8-20(24-19-6-2-3-7-19)17(5-1)16-22-11-13-23(14-12-22)18-9-10-21-15-18;;/h1,4-5,8,18-19,21H,2-3,6-7,9-16H2;2*1H. The van der Waals surface area contributed by atoms with Gasteiger partial charge in [-0.3, -0.25) is 9.80 Å². The number of ether oxygens (including phenoxy) is 1. The van der Waals surface area contributed by atoms with E-state index < -0.39 is 0 Å². The van der Waals surface area contributed by atoms with E-state index in [-0.39, 0.29) is 24.8 Å². The summed E-state index contributed by atoms with van der Waals surface area (Å²) in [6.45, 7) is 8.16. The van der Waals surface area contributed by atoms with Crippen molar-refractivity contribution in [1.29, 1.82) is 0 Å². The molecular weight excluding hydrogens is 369 g/mol. The summed E-state index contributed by atoms with van der Waals surface area (Å²) in [5.74, 6) is 1.12. The number of piperazine rings is 1. The molecule has 0 bridgehead atoms. The van der Waals surface area contributed by atoms with Gasteiger partial charge in [0.15, 0.2) is 0 Å². The maximum atomic E-state index is 6.31. The van der Waals surface area contributed by atoms with Crippen molar-refractivity contribution in [2.24, 2.45) is 0 Å². The van der Waals surface area contributed by atoms with Crippen LogP contribution in [0, 0.1) is 0 Å². The molecule has 4 rings (SSSR count). The Morgan fingerprint density at radius 3 is 2.38 bits per heavy atom. The van der Waals surface area contributed by atoms with Gasteiger partial charge >= 0.3 is 0 Å². The SMILES string of the molecule is Cl.Cl.c1ccc(OC2CCCC2)c(CN2CCN(C3CCNC3)CC2)c1. The summed E-state index contributed by atoms with van der Waals surface area (Å²) in [5.41, 5.74) is 1.36. The molecule has 1 atom stereocenters. The quantitative estimate of drug-likeness (QED) is 0.818. The zero-order chi connectivity index (χ0) is 16.2. The van der Waals surface area contributed by atoms with Gasteiger partial charge in [0.05, 0.1) is 6.10 Å². The summed E-state index contributed by atoms with van der Waals surface area (Å²) < 4.78 is 6.31. The van der Waals surface area contributed by atoms with E-state index in [4.69, 9.17) is 4.74 Å². The van der Waals surface area contributed by atoms with Crippen molar-refractivity contribution in [3.8, 4) is 5.75 Å². The van der Waals surface area contributed by atoms with E-state index in [0.717, 1.165) is 18.3 Å². The van der Waals surface area contributed by atoms with Crippen LogP contribution in [-0.2, 0) is 6.54 Å². The predicted octanol–water partition coefficient (Wildman–Crippen LogP) is 3.33. The largest absolute Gasteiger partial charge is 0.490 e. The van der Waals surface area contributed by atoms with Gasteiger partial charge in [-0.15, -0.1) is 24.8 Å². The lowest BCUT2D eigenvalue weighted by Crippen LogP contribution is -2.50. The van der Waals surface area contributed by atoms with E-state index in [1.807, 2.05) is 0 Å². The molecule has 6 heteroatoms. The lowest BCUT2D eigenvalue weighted by molar-refractivity contribution is 0.0968. The summed E-state index contributed by atoms with van der Waals surface area (Å²) in [5, 5.41) is 3.49. The highest BCUT2D eigenvalue weighted by Gasteiger charge is 2.26. The van der Waals surface area contributed by atoms with Crippen molar-refractivity contribution in [3.63, 3.8) is 0 Å². The number of nitrogens with one attached hydrogen (secondary N) is 1. The van der Waals surface area contributed by atoms with E-state index >= 15 is 0 Å². The highest BCUT2D eigenvalue weighted by molar-refractivity contribution is 5.85. The van der Waals surface area contributed by atoms with Gasteiger partial charge in [-0.05, 0) is 44.7 Å². The van der Waals surface area contributed by atoms with Crippen LogP contribution in [0.4, 0.5) is 0 Å². The maximum Gasteiger partial charge on any atom is 0.124 e. The Morgan fingerprint density at radius 1 is 0.962 bits per heavy atom. The fraction of sp³-hybridized carbons (Fsp3) is 0.700. The Labute approximate surface area is 170 Å². The molecular formula is C20H33Cl2N3O. The number of rotatable bonds is 5. The average molecular weight is 402 g/mol. The topological polar surface area (TPSA) is 27.7 Å². The molecule has 2 aliphatic heterocycles. The van der Waals surface area contributed by atoms with Gasteiger partial charge in [-0.2, -0.15) is 0 Å². The molecule has 1 saturated carbocycles. The maximum absolute atomic E-state index is 6.31. The van der Waals surface area contributed by atoms with Crippen molar-refractivity contribution in [2.45, 2.75) is 50.8 Å². The second-order valence-corrected chi connectivity index (χ2v) is 7.59. The van der Waals surface area contributed by atoms with Crippen LogP contribution in [0.15, 0.2) is 24.3 Å². The van der Waals surface area contributed by atoms with E-state index in [1.165, 1.54) is 76.9 Å². The first kappa shape index (κ1) is 21.8. The molecule has 0 aromatic heterocycles. The van der Waals surface area contributed by atoms with E-state index in [9.17, 15) is 0 Å². The predicted molar refractivity (Wildman–Crippen MR) is 112 cm³/mol. The first-order valence-corrected chi connectivity index (χ1v) is 9.80. The van der Waals surface area contributed by atoms with E-state index in [1.54, 1.807) is 0 Å².